The molecule has 22 heavy (non-hydrogen) atoms. The van der Waals surface area contributed by atoms with Crippen molar-refractivity contribution in [2.75, 3.05) is 13.7 Å². The first kappa shape index (κ1) is 17.5. The summed E-state index contributed by atoms with van der Waals surface area (Å²) in [5.41, 5.74) is -1.28. The van der Waals surface area contributed by atoms with Crippen molar-refractivity contribution in [3.63, 3.8) is 0 Å². The maximum Gasteiger partial charge on any atom is 0.472 e. The lowest BCUT2D eigenvalue weighted by Gasteiger charge is -2.17. The summed E-state index contributed by atoms with van der Waals surface area (Å²) in [4.78, 5) is 34.3. The van der Waals surface area contributed by atoms with Gasteiger partial charge in [0, 0.05) is 19.7 Å². The minimum atomic E-state index is -4.18. The molecule has 1 aliphatic heterocycles. The predicted molar refractivity (Wildman–Crippen MR) is 76.3 cm³/mol. The Bertz CT molecular complexity index is 703. The molecule has 1 unspecified atom stereocenters. The zero-order valence-electron chi connectivity index (χ0n) is 11.3. The summed E-state index contributed by atoms with van der Waals surface area (Å²) in [7, 11) is -3.18. The molecule has 0 aromatic carbocycles. The van der Waals surface area contributed by atoms with Crippen molar-refractivity contribution in [2.24, 2.45) is 0 Å². The van der Waals surface area contributed by atoms with Gasteiger partial charge in [-0.1, -0.05) is 0 Å². The predicted octanol–water partition coefficient (Wildman–Crippen LogP) is -0.289. The van der Waals surface area contributed by atoms with Crippen molar-refractivity contribution in [1.82, 2.24) is 9.55 Å². The van der Waals surface area contributed by atoms with E-state index in [1.165, 1.54) is 6.20 Å². The van der Waals surface area contributed by atoms with E-state index in [2.05, 4.69) is 30.0 Å². The molecule has 4 atom stereocenters. The molecule has 10 nitrogen and oxygen atoms in total. The van der Waals surface area contributed by atoms with Gasteiger partial charge in [0.1, 0.15) is 12.3 Å². The third-order valence-electron chi connectivity index (χ3n) is 3.07. The van der Waals surface area contributed by atoms with Crippen molar-refractivity contribution < 1.29 is 28.3 Å². The van der Waals surface area contributed by atoms with Crippen LogP contribution in [0.25, 0.3) is 0 Å². The Balaban J connectivity index is 2.11. The Morgan fingerprint density at radius 1 is 1.59 bits per heavy atom. The number of nitrogens with zero attached hydrogens (tertiary/aromatic N) is 1. The molecule has 2 rings (SSSR count). The van der Waals surface area contributed by atoms with E-state index >= 15 is 0 Å². The largest absolute Gasteiger partial charge is 0.472 e. The summed E-state index contributed by atoms with van der Waals surface area (Å²) in [5.74, 6) is 0. The fourth-order valence-electron chi connectivity index (χ4n) is 1.93. The van der Waals surface area contributed by atoms with Crippen molar-refractivity contribution in [3.8, 4) is 0 Å². The summed E-state index contributed by atoms with van der Waals surface area (Å²) in [6, 6.07) is 0. The van der Waals surface area contributed by atoms with Crippen LogP contribution < -0.4 is 11.2 Å². The molecule has 2 heterocycles. The molecule has 12 heteroatoms. The highest BCUT2D eigenvalue weighted by molar-refractivity contribution is 9.10. The molecule has 1 aromatic heterocycles. The summed E-state index contributed by atoms with van der Waals surface area (Å²) in [6.07, 6.45) is -1.48. The standard InChI is InChI=1S/C10H14BrN2O8P/c1-19-22(17,18)20-4-7-6(14)2-8(21-7)13-3-5(11)9(15)12-10(13)16/h3,6-8,14H,2,4H2,1H3,(H,17,18)(H,12,15,16)/t6-,7-,8-/m1/s1. The highest BCUT2D eigenvalue weighted by atomic mass is 79.9. The minimum Gasteiger partial charge on any atom is -0.390 e. The number of phosphoric ester groups is 1. The third kappa shape index (κ3) is 3.93. The Labute approximate surface area is 132 Å². The molecular formula is C10H14BrN2O8P. The van der Waals surface area contributed by atoms with Crippen LogP contribution in [0.2, 0.25) is 0 Å². The number of aromatic nitrogens is 2. The third-order valence-corrected chi connectivity index (χ3v) is 4.57. The topological polar surface area (TPSA) is 140 Å². The monoisotopic (exact) mass is 400 g/mol. The fourth-order valence-corrected chi connectivity index (χ4v) is 2.69. The summed E-state index contributed by atoms with van der Waals surface area (Å²) in [6.45, 7) is -0.390. The second-order valence-electron chi connectivity index (χ2n) is 4.52. The fraction of sp³-hybridized carbons (Fsp3) is 0.600. The van der Waals surface area contributed by atoms with Crippen LogP contribution >= 0.6 is 23.8 Å². The van der Waals surface area contributed by atoms with E-state index in [0.29, 0.717) is 0 Å². The number of nitrogens with one attached hydrogen (secondary N) is 1. The smallest absolute Gasteiger partial charge is 0.390 e. The maximum absolute atomic E-state index is 11.7. The number of phosphoric acid groups is 1. The molecule has 1 fully saturated rings. The van der Waals surface area contributed by atoms with Gasteiger partial charge < -0.3 is 14.7 Å². The number of aliphatic hydroxyl groups excluding tert-OH is 1. The van der Waals surface area contributed by atoms with Crippen LogP contribution in [-0.4, -0.2) is 45.5 Å². The van der Waals surface area contributed by atoms with Gasteiger partial charge in [-0.2, -0.15) is 0 Å². The highest BCUT2D eigenvalue weighted by Gasteiger charge is 2.37. The Morgan fingerprint density at radius 3 is 2.91 bits per heavy atom. The SMILES string of the molecule is COP(=O)(O)OC[C@H]1O[C@@H](n2cc(Br)c(=O)[nH]c2=O)C[C@H]1O. The van der Waals surface area contributed by atoms with Crippen molar-refractivity contribution in [1.29, 1.82) is 0 Å². The second kappa shape index (κ2) is 6.75. The van der Waals surface area contributed by atoms with Gasteiger partial charge in [0.25, 0.3) is 5.56 Å². The molecule has 1 aromatic rings. The van der Waals surface area contributed by atoms with Gasteiger partial charge in [-0.15, -0.1) is 0 Å². The number of ether oxygens (including phenoxy) is 1. The quantitative estimate of drug-likeness (QED) is 0.572. The van der Waals surface area contributed by atoms with Crippen molar-refractivity contribution in [2.45, 2.75) is 24.9 Å². The summed E-state index contributed by atoms with van der Waals surface area (Å²) in [5, 5.41) is 9.89. The van der Waals surface area contributed by atoms with Crippen LogP contribution in [0.3, 0.4) is 0 Å². The molecule has 0 amide bonds. The van der Waals surface area contributed by atoms with E-state index in [1.54, 1.807) is 0 Å². The normalized spacial score (nSPS) is 27.7. The Morgan fingerprint density at radius 2 is 2.27 bits per heavy atom. The number of aromatic amines is 1. The molecule has 1 aliphatic rings. The molecule has 124 valence electrons. The summed E-state index contributed by atoms with van der Waals surface area (Å²) >= 11 is 2.99. The van der Waals surface area contributed by atoms with Gasteiger partial charge in [0.15, 0.2) is 0 Å². The lowest BCUT2D eigenvalue weighted by Crippen LogP contribution is -2.32. The van der Waals surface area contributed by atoms with E-state index in [9.17, 15) is 19.3 Å². The van der Waals surface area contributed by atoms with Gasteiger partial charge >= 0.3 is 13.5 Å². The first-order valence-corrected chi connectivity index (χ1v) is 8.40. The highest BCUT2D eigenvalue weighted by Crippen LogP contribution is 2.43. The van der Waals surface area contributed by atoms with E-state index in [1.807, 2.05) is 0 Å². The number of hydrogen-bond acceptors (Lipinski definition) is 7. The molecule has 0 spiro atoms. The Hall–Kier alpha value is -0.810. The first-order chi connectivity index (χ1) is 10.2. The number of aliphatic hydroxyl groups is 1. The molecule has 1 saturated heterocycles. The number of rotatable bonds is 5. The van der Waals surface area contributed by atoms with Gasteiger partial charge in [-0.05, 0) is 15.9 Å². The van der Waals surface area contributed by atoms with Gasteiger partial charge in [-0.3, -0.25) is 23.4 Å². The van der Waals surface area contributed by atoms with E-state index in [-0.39, 0.29) is 10.9 Å². The number of H-pyrrole nitrogens is 1. The van der Waals surface area contributed by atoms with Gasteiger partial charge in [0.05, 0.1) is 17.2 Å². The van der Waals surface area contributed by atoms with E-state index in [4.69, 9.17) is 9.63 Å². The average molecular weight is 401 g/mol. The molecule has 0 saturated carbocycles. The minimum absolute atomic E-state index is 0.0507. The summed E-state index contributed by atoms with van der Waals surface area (Å²) < 4.78 is 26.8. The van der Waals surface area contributed by atoms with Crippen LogP contribution in [-0.2, 0) is 18.3 Å². The van der Waals surface area contributed by atoms with Gasteiger partial charge in [0.2, 0.25) is 0 Å². The second-order valence-corrected chi connectivity index (χ2v) is 6.94. The number of hydrogen-bond donors (Lipinski definition) is 3. The van der Waals surface area contributed by atoms with Crippen molar-refractivity contribution >= 4 is 23.8 Å². The van der Waals surface area contributed by atoms with Crippen molar-refractivity contribution in [3.05, 3.63) is 31.5 Å². The van der Waals surface area contributed by atoms with Crippen LogP contribution in [0.5, 0.6) is 0 Å². The van der Waals surface area contributed by atoms with Crippen LogP contribution in [0.1, 0.15) is 12.6 Å². The van der Waals surface area contributed by atoms with Crippen LogP contribution in [0.15, 0.2) is 20.3 Å². The lowest BCUT2D eigenvalue weighted by molar-refractivity contribution is -0.0458. The molecular weight excluding hydrogens is 387 g/mol. The van der Waals surface area contributed by atoms with E-state index in [0.717, 1.165) is 11.7 Å². The molecule has 3 N–H and O–H groups in total. The molecule has 0 radical (unpaired) electrons. The Kier molecular flexibility index (Phi) is 5.38. The maximum atomic E-state index is 11.7. The lowest BCUT2D eigenvalue weighted by atomic mass is 10.2. The first-order valence-electron chi connectivity index (χ1n) is 6.11. The number of halogens is 1. The van der Waals surface area contributed by atoms with Gasteiger partial charge in [-0.25, -0.2) is 9.36 Å². The average Bonchev–Trinajstić information content (AvgIpc) is 2.82. The van der Waals surface area contributed by atoms with Crippen LogP contribution in [0.4, 0.5) is 0 Å². The molecule has 0 aliphatic carbocycles. The van der Waals surface area contributed by atoms with E-state index < -0.39 is 44.1 Å². The zero-order chi connectivity index (χ0) is 16.5. The molecule has 0 bridgehead atoms. The van der Waals surface area contributed by atoms with Crippen LogP contribution in [0, 0.1) is 0 Å². The zero-order valence-corrected chi connectivity index (χ0v) is 13.8.